The molecule has 0 aliphatic carbocycles. The summed E-state index contributed by atoms with van der Waals surface area (Å²) in [5, 5.41) is 17.6. The van der Waals surface area contributed by atoms with Crippen molar-refractivity contribution in [3.8, 4) is 0 Å². The molecule has 0 fully saturated rings. The summed E-state index contributed by atoms with van der Waals surface area (Å²) in [5.41, 5.74) is 0. The van der Waals surface area contributed by atoms with Gasteiger partial charge in [0.15, 0.2) is 0 Å². The highest BCUT2D eigenvalue weighted by atomic mass is 16.8. The number of ether oxygens (including phenoxy) is 1. The van der Waals surface area contributed by atoms with Crippen LogP contribution < -0.4 is 0 Å². The van der Waals surface area contributed by atoms with Gasteiger partial charge in [-0.1, -0.05) is 39.0 Å². The fraction of sp³-hybridized carbons (Fsp3) is 1.00. The molecule has 0 aromatic heterocycles. The first-order valence-corrected chi connectivity index (χ1v) is 5.15. The molecule has 0 aliphatic rings. The standard InChI is InChI=1S/C10H22O3/c1-3-4-5-6-7-8-9-13-10(2,11)12/h11-12H,3-9H2,1-2H3. The highest BCUT2D eigenvalue weighted by molar-refractivity contribution is 4.44. The monoisotopic (exact) mass is 190 g/mol. The molecule has 0 aliphatic heterocycles. The molecule has 3 heteroatoms. The molecule has 2 N–H and O–H groups in total. The molecular formula is C10H22O3. The van der Waals surface area contributed by atoms with E-state index in [-0.39, 0.29) is 0 Å². The lowest BCUT2D eigenvalue weighted by Gasteiger charge is -2.15. The maximum Gasteiger partial charge on any atom is 0.274 e. The minimum absolute atomic E-state index is 0.426. The Hall–Kier alpha value is -0.120. The van der Waals surface area contributed by atoms with E-state index in [9.17, 15) is 0 Å². The van der Waals surface area contributed by atoms with Gasteiger partial charge in [-0.25, -0.2) is 0 Å². The van der Waals surface area contributed by atoms with Crippen LogP contribution in [0.5, 0.6) is 0 Å². The molecule has 0 spiro atoms. The van der Waals surface area contributed by atoms with Crippen LogP contribution in [0.25, 0.3) is 0 Å². The first kappa shape index (κ1) is 12.9. The lowest BCUT2D eigenvalue weighted by molar-refractivity contribution is -0.325. The van der Waals surface area contributed by atoms with E-state index in [1.807, 2.05) is 0 Å². The van der Waals surface area contributed by atoms with E-state index >= 15 is 0 Å². The molecule has 0 rings (SSSR count). The van der Waals surface area contributed by atoms with E-state index in [1.54, 1.807) is 0 Å². The van der Waals surface area contributed by atoms with E-state index in [1.165, 1.54) is 32.6 Å². The third kappa shape index (κ3) is 11.9. The zero-order chi connectivity index (χ0) is 10.2. The topological polar surface area (TPSA) is 49.7 Å². The smallest absolute Gasteiger partial charge is 0.274 e. The van der Waals surface area contributed by atoms with Crippen molar-refractivity contribution in [2.75, 3.05) is 6.61 Å². The summed E-state index contributed by atoms with van der Waals surface area (Å²) in [6, 6.07) is 0. The van der Waals surface area contributed by atoms with Crippen molar-refractivity contribution < 1.29 is 14.9 Å². The Morgan fingerprint density at radius 2 is 1.54 bits per heavy atom. The molecule has 80 valence electrons. The van der Waals surface area contributed by atoms with E-state index in [0.29, 0.717) is 6.61 Å². The highest BCUT2D eigenvalue weighted by Gasteiger charge is 2.13. The fourth-order valence-electron chi connectivity index (χ4n) is 1.15. The van der Waals surface area contributed by atoms with Gasteiger partial charge >= 0.3 is 0 Å². The maximum absolute atomic E-state index is 8.79. The SMILES string of the molecule is CCCCCCCCOC(C)(O)O. The minimum atomic E-state index is -1.95. The lowest BCUT2D eigenvalue weighted by Crippen LogP contribution is -2.27. The average Bonchev–Trinajstić information content (AvgIpc) is 2.01. The molecule has 0 heterocycles. The Morgan fingerprint density at radius 3 is 2.08 bits per heavy atom. The number of hydrogen-bond donors (Lipinski definition) is 2. The maximum atomic E-state index is 8.79. The zero-order valence-corrected chi connectivity index (χ0v) is 8.75. The molecule has 3 nitrogen and oxygen atoms in total. The van der Waals surface area contributed by atoms with Gasteiger partial charge in [0.25, 0.3) is 5.97 Å². The Labute approximate surface area is 80.7 Å². The van der Waals surface area contributed by atoms with Crippen LogP contribution in [0.15, 0.2) is 0 Å². The second-order valence-corrected chi connectivity index (χ2v) is 3.55. The number of hydrogen-bond acceptors (Lipinski definition) is 3. The zero-order valence-electron chi connectivity index (χ0n) is 8.75. The molecular weight excluding hydrogens is 168 g/mol. The summed E-state index contributed by atoms with van der Waals surface area (Å²) in [4.78, 5) is 0. The first-order valence-electron chi connectivity index (χ1n) is 5.15. The molecule has 13 heavy (non-hydrogen) atoms. The summed E-state index contributed by atoms with van der Waals surface area (Å²) < 4.78 is 4.75. The van der Waals surface area contributed by atoms with Crippen molar-refractivity contribution in [1.29, 1.82) is 0 Å². The number of aliphatic hydroxyl groups is 2. The van der Waals surface area contributed by atoms with Crippen LogP contribution in [0, 0.1) is 0 Å². The second-order valence-electron chi connectivity index (χ2n) is 3.55. The molecule has 0 bridgehead atoms. The molecule has 0 radical (unpaired) electrons. The van der Waals surface area contributed by atoms with Gasteiger partial charge in [0, 0.05) is 6.92 Å². The van der Waals surface area contributed by atoms with Gasteiger partial charge in [-0.3, -0.25) is 0 Å². The van der Waals surface area contributed by atoms with Gasteiger partial charge in [0.05, 0.1) is 6.61 Å². The van der Waals surface area contributed by atoms with Crippen molar-refractivity contribution in [3.05, 3.63) is 0 Å². The predicted molar refractivity (Wildman–Crippen MR) is 52.2 cm³/mol. The molecule has 0 aromatic carbocycles. The molecule has 0 atom stereocenters. The van der Waals surface area contributed by atoms with Crippen LogP contribution in [-0.4, -0.2) is 22.8 Å². The van der Waals surface area contributed by atoms with Crippen molar-refractivity contribution in [3.63, 3.8) is 0 Å². The normalized spacial score (nSPS) is 12.0. The van der Waals surface area contributed by atoms with Gasteiger partial charge in [0.1, 0.15) is 0 Å². The average molecular weight is 190 g/mol. The summed E-state index contributed by atoms with van der Waals surface area (Å²) in [7, 11) is 0. The van der Waals surface area contributed by atoms with E-state index in [2.05, 4.69) is 6.92 Å². The Kier molecular flexibility index (Phi) is 7.23. The van der Waals surface area contributed by atoms with Crippen molar-refractivity contribution in [1.82, 2.24) is 0 Å². The summed E-state index contributed by atoms with van der Waals surface area (Å²) in [5.74, 6) is -1.95. The van der Waals surface area contributed by atoms with E-state index in [0.717, 1.165) is 12.8 Å². The van der Waals surface area contributed by atoms with Crippen molar-refractivity contribution >= 4 is 0 Å². The van der Waals surface area contributed by atoms with Gasteiger partial charge in [0.2, 0.25) is 0 Å². The molecule has 0 saturated carbocycles. The second kappa shape index (κ2) is 7.30. The quantitative estimate of drug-likeness (QED) is 0.455. The van der Waals surface area contributed by atoms with Crippen LogP contribution in [0.3, 0.4) is 0 Å². The van der Waals surface area contributed by atoms with Crippen LogP contribution in [0.4, 0.5) is 0 Å². The van der Waals surface area contributed by atoms with Crippen LogP contribution in [-0.2, 0) is 4.74 Å². The molecule has 0 unspecified atom stereocenters. The summed E-state index contributed by atoms with van der Waals surface area (Å²) in [6.45, 7) is 3.84. The fourth-order valence-corrected chi connectivity index (χ4v) is 1.15. The van der Waals surface area contributed by atoms with Crippen molar-refractivity contribution in [2.45, 2.75) is 58.3 Å². The van der Waals surface area contributed by atoms with Gasteiger partial charge in [-0.05, 0) is 6.42 Å². The third-order valence-corrected chi connectivity index (χ3v) is 1.87. The highest BCUT2D eigenvalue weighted by Crippen LogP contribution is 2.07. The summed E-state index contributed by atoms with van der Waals surface area (Å²) >= 11 is 0. The lowest BCUT2D eigenvalue weighted by atomic mass is 10.1. The Morgan fingerprint density at radius 1 is 1.00 bits per heavy atom. The third-order valence-electron chi connectivity index (χ3n) is 1.87. The molecule has 0 aromatic rings. The van der Waals surface area contributed by atoms with Gasteiger partial charge < -0.3 is 14.9 Å². The van der Waals surface area contributed by atoms with Crippen LogP contribution in [0.2, 0.25) is 0 Å². The molecule has 0 amide bonds. The summed E-state index contributed by atoms with van der Waals surface area (Å²) in [6.07, 6.45) is 7.04. The van der Waals surface area contributed by atoms with Crippen molar-refractivity contribution in [2.24, 2.45) is 0 Å². The van der Waals surface area contributed by atoms with E-state index < -0.39 is 5.97 Å². The van der Waals surface area contributed by atoms with Gasteiger partial charge in [-0.2, -0.15) is 0 Å². The minimum Gasteiger partial charge on any atom is -0.344 e. The van der Waals surface area contributed by atoms with Crippen LogP contribution in [0.1, 0.15) is 52.4 Å². The predicted octanol–water partition coefficient (Wildman–Crippen LogP) is 2.02. The Balaban J connectivity index is 3.00. The van der Waals surface area contributed by atoms with Gasteiger partial charge in [-0.15, -0.1) is 0 Å². The van der Waals surface area contributed by atoms with Crippen LogP contribution >= 0.6 is 0 Å². The number of unbranched alkanes of at least 4 members (excludes halogenated alkanes) is 5. The largest absolute Gasteiger partial charge is 0.344 e. The number of rotatable bonds is 8. The molecule has 0 saturated heterocycles. The first-order chi connectivity index (χ1) is 6.06. The van der Waals surface area contributed by atoms with E-state index in [4.69, 9.17) is 14.9 Å². The Bertz CT molecular complexity index is 107.